The van der Waals surface area contributed by atoms with Gasteiger partial charge >= 0.3 is 0 Å². The molecule has 0 saturated carbocycles. The van der Waals surface area contributed by atoms with Crippen LogP contribution in [0, 0.1) is 0 Å². The number of benzene rings is 1. The van der Waals surface area contributed by atoms with E-state index in [0.717, 1.165) is 51.5 Å². The maximum atomic E-state index is 12.5. The van der Waals surface area contributed by atoms with E-state index < -0.39 is 0 Å². The van der Waals surface area contributed by atoms with Gasteiger partial charge in [-0.3, -0.25) is 9.69 Å². The minimum atomic E-state index is -0.0942. The van der Waals surface area contributed by atoms with Crippen molar-refractivity contribution in [1.82, 2.24) is 9.80 Å². The Labute approximate surface area is 138 Å². The molecule has 2 aliphatic heterocycles. The topological polar surface area (TPSA) is 44.8 Å². The molecular weight excluding hydrogens is 290 g/mol. The lowest BCUT2D eigenvalue weighted by molar-refractivity contribution is -0.129. The zero-order valence-corrected chi connectivity index (χ0v) is 14.1. The molecule has 2 aliphatic rings. The first-order chi connectivity index (χ1) is 11.1. The maximum absolute atomic E-state index is 12.5. The van der Waals surface area contributed by atoms with Gasteiger partial charge in [-0.1, -0.05) is 18.2 Å². The van der Waals surface area contributed by atoms with E-state index in [2.05, 4.69) is 42.3 Å². The van der Waals surface area contributed by atoms with Crippen LogP contribution in [0.3, 0.4) is 0 Å². The first-order valence-corrected chi connectivity index (χ1v) is 8.60. The van der Waals surface area contributed by atoms with Gasteiger partial charge in [-0.25, -0.2) is 0 Å². The third kappa shape index (κ3) is 3.85. The minimum Gasteiger partial charge on any atom is -0.379 e. The maximum Gasteiger partial charge on any atom is 0.245 e. The number of likely N-dealkylation sites (tertiary alicyclic amines) is 1. The number of nitrogens with zero attached hydrogens (tertiary/aromatic N) is 2. The van der Waals surface area contributed by atoms with Crippen molar-refractivity contribution >= 4 is 11.6 Å². The van der Waals surface area contributed by atoms with Crippen LogP contribution in [0.15, 0.2) is 24.3 Å². The minimum absolute atomic E-state index is 0.0942. The molecular formula is C18H27N3O2. The van der Waals surface area contributed by atoms with Crippen LogP contribution in [0.4, 0.5) is 5.69 Å². The lowest BCUT2D eigenvalue weighted by Gasteiger charge is -2.28. The van der Waals surface area contributed by atoms with Crippen LogP contribution in [0.1, 0.15) is 25.8 Å². The van der Waals surface area contributed by atoms with Gasteiger partial charge in [-0.2, -0.15) is 0 Å². The summed E-state index contributed by atoms with van der Waals surface area (Å²) >= 11 is 0. The number of ether oxygens (including phenoxy) is 1. The molecule has 1 atom stereocenters. The first kappa shape index (κ1) is 16.3. The number of para-hydroxylation sites is 1. The third-order valence-electron chi connectivity index (χ3n) is 4.71. The SMILES string of the molecule is CC(C)N1CCC(Nc2ccccc2CN2CCOCC2)C1=O. The highest BCUT2D eigenvalue weighted by Crippen LogP contribution is 2.23. The summed E-state index contributed by atoms with van der Waals surface area (Å²) in [5.74, 6) is 0.223. The summed E-state index contributed by atoms with van der Waals surface area (Å²) in [5, 5.41) is 3.48. The molecule has 23 heavy (non-hydrogen) atoms. The smallest absolute Gasteiger partial charge is 0.245 e. The summed E-state index contributed by atoms with van der Waals surface area (Å²) in [6.07, 6.45) is 0.878. The Morgan fingerprint density at radius 1 is 1.22 bits per heavy atom. The van der Waals surface area contributed by atoms with Crippen molar-refractivity contribution in [1.29, 1.82) is 0 Å². The van der Waals surface area contributed by atoms with E-state index in [1.807, 2.05) is 11.0 Å². The number of morpholine rings is 1. The molecule has 1 aromatic rings. The number of amides is 1. The normalized spacial score (nSPS) is 22.8. The molecule has 0 spiro atoms. The van der Waals surface area contributed by atoms with E-state index in [9.17, 15) is 4.79 Å². The van der Waals surface area contributed by atoms with Gasteiger partial charge in [0.2, 0.25) is 5.91 Å². The van der Waals surface area contributed by atoms with Gasteiger partial charge in [-0.15, -0.1) is 0 Å². The number of carbonyl (C=O) groups is 1. The molecule has 0 aliphatic carbocycles. The van der Waals surface area contributed by atoms with Crippen molar-refractivity contribution < 1.29 is 9.53 Å². The Kier molecular flexibility index (Phi) is 5.18. The zero-order valence-electron chi connectivity index (χ0n) is 14.1. The highest BCUT2D eigenvalue weighted by molar-refractivity contribution is 5.87. The molecule has 2 saturated heterocycles. The number of carbonyl (C=O) groups excluding carboxylic acids is 1. The second kappa shape index (κ2) is 7.32. The summed E-state index contributed by atoms with van der Waals surface area (Å²) < 4.78 is 5.42. The summed E-state index contributed by atoms with van der Waals surface area (Å²) in [6.45, 7) is 9.45. The largest absolute Gasteiger partial charge is 0.379 e. The van der Waals surface area contributed by atoms with Gasteiger partial charge in [0.05, 0.1) is 13.2 Å². The molecule has 0 radical (unpaired) electrons. The number of rotatable bonds is 5. The van der Waals surface area contributed by atoms with E-state index >= 15 is 0 Å². The molecule has 1 N–H and O–H groups in total. The van der Waals surface area contributed by atoms with E-state index in [1.165, 1.54) is 5.56 Å². The fraction of sp³-hybridized carbons (Fsp3) is 0.611. The highest BCUT2D eigenvalue weighted by Gasteiger charge is 2.33. The standard InChI is InChI=1S/C18H27N3O2/c1-14(2)21-8-7-17(18(21)22)19-16-6-4-3-5-15(16)13-20-9-11-23-12-10-20/h3-6,14,17,19H,7-13H2,1-2H3. The van der Waals surface area contributed by atoms with Gasteiger partial charge in [0, 0.05) is 37.9 Å². The summed E-state index contributed by atoms with van der Waals surface area (Å²) in [5.41, 5.74) is 2.34. The van der Waals surface area contributed by atoms with Crippen LogP contribution in [-0.4, -0.2) is 60.6 Å². The van der Waals surface area contributed by atoms with E-state index in [4.69, 9.17) is 4.74 Å². The van der Waals surface area contributed by atoms with Crippen molar-refractivity contribution in [3.63, 3.8) is 0 Å². The number of anilines is 1. The fourth-order valence-corrected chi connectivity index (χ4v) is 3.34. The quantitative estimate of drug-likeness (QED) is 0.901. The van der Waals surface area contributed by atoms with E-state index in [-0.39, 0.29) is 18.0 Å². The van der Waals surface area contributed by atoms with Crippen LogP contribution >= 0.6 is 0 Å². The van der Waals surface area contributed by atoms with Crippen LogP contribution in [0.25, 0.3) is 0 Å². The van der Waals surface area contributed by atoms with E-state index in [1.54, 1.807) is 0 Å². The van der Waals surface area contributed by atoms with Crippen molar-refractivity contribution in [3.05, 3.63) is 29.8 Å². The highest BCUT2D eigenvalue weighted by atomic mass is 16.5. The first-order valence-electron chi connectivity index (χ1n) is 8.60. The van der Waals surface area contributed by atoms with Gasteiger partial charge < -0.3 is 15.0 Å². The molecule has 1 unspecified atom stereocenters. The van der Waals surface area contributed by atoms with Crippen LogP contribution in [-0.2, 0) is 16.1 Å². The lowest BCUT2D eigenvalue weighted by Crippen LogP contribution is -2.38. The van der Waals surface area contributed by atoms with Gasteiger partial charge in [0.25, 0.3) is 0 Å². The summed E-state index contributed by atoms with van der Waals surface area (Å²) in [4.78, 5) is 16.9. The van der Waals surface area contributed by atoms with Gasteiger partial charge in [-0.05, 0) is 31.9 Å². The molecule has 1 amide bonds. The molecule has 2 fully saturated rings. The molecule has 1 aromatic carbocycles. The molecule has 0 bridgehead atoms. The van der Waals surface area contributed by atoms with Crippen LogP contribution in [0.2, 0.25) is 0 Å². The van der Waals surface area contributed by atoms with Gasteiger partial charge in [0.1, 0.15) is 6.04 Å². The predicted molar refractivity (Wildman–Crippen MR) is 91.4 cm³/mol. The molecule has 5 heteroatoms. The van der Waals surface area contributed by atoms with Crippen molar-refractivity contribution in [2.24, 2.45) is 0 Å². The van der Waals surface area contributed by atoms with Crippen LogP contribution < -0.4 is 5.32 Å². The predicted octanol–water partition coefficient (Wildman–Crippen LogP) is 1.94. The number of hydrogen-bond donors (Lipinski definition) is 1. The molecule has 5 nitrogen and oxygen atoms in total. The monoisotopic (exact) mass is 317 g/mol. The van der Waals surface area contributed by atoms with Crippen molar-refractivity contribution in [2.75, 3.05) is 38.2 Å². The average Bonchev–Trinajstić information content (AvgIpc) is 2.91. The molecule has 0 aromatic heterocycles. The third-order valence-corrected chi connectivity index (χ3v) is 4.71. The summed E-state index contributed by atoms with van der Waals surface area (Å²) in [6, 6.07) is 8.52. The Bertz CT molecular complexity index is 541. The fourth-order valence-electron chi connectivity index (χ4n) is 3.34. The average molecular weight is 317 g/mol. The van der Waals surface area contributed by atoms with Crippen molar-refractivity contribution in [2.45, 2.75) is 38.9 Å². The zero-order chi connectivity index (χ0) is 16.2. The molecule has 2 heterocycles. The second-order valence-electron chi connectivity index (χ2n) is 6.66. The Hall–Kier alpha value is -1.59. The van der Waals surface area contributed by atoms with Crippen molar-refractivity contribution in [3.8, 4) is 0 Å². The van der Waals surface area contributed by atoms with Crippen LogP contribution in [0.5, 0.6) is 0 Å². The number of hydrogen-bond acceptors (Lipinski definition) is 4. The van der Waals surface area contributed by atoms with Gasteiger partial charge in [0.15, 0.2) is 0 Å². The molecule has 3 rings (SSSR count). The summed E-state index contributed by atoms with van der Waals surface area (Å²) in [7, 11) is 0. The Morgan fingerprint density at radius 2 is 1.96 bits per heavy atom. The Morgan fingerprint density at radius 3 is 2.65 bits per heavy atom. The Balaban J connectivity index is 1.67. The second-order valence-corrected chi connectivity index (χ2v) is 6.66. The lowest BCUT2D eigenvalue weighted by atomic mass is 10.1. The molecule has 126 valence electrons. The number of nitrogens with one attached hydrogen (secondary N) is 1. The van der Waals surface area contributed by atoms with E-state index in [0.29, 0.717) is 0 Å².